The summed E-state index contributed by atoms with van der Waals surface area (Å²) < 4.78 is 5.83. The molecule has 0 radical (unpaired) electrons. The fourth-order valence-electron chi connectivity index (χ4n) is 2.32. The Bertz CT molecular complexity index is 331. The Morgan fingerprint density at radius 3 is 2.50 bits per heavy atom. The van der Waals surface area contributed by atoms with Crippen molar-refractivity contribution in [1.82, 2.24) is 0 Å². The molecule has 1 aliphatic heterocycles. The van der Waals surface area contributed by atoms with Crippen LogP contribution >= 0.6 is 0 Å². The van der Waals surface area contributed by atoms with Crippen molar-refractivity contribution >= 4 is 0 Å². The molecule has 0 spiro atoms. The zero-order chi connectivity index (χ0) is 10.1. The summed E-state index contributed by atoms with van der Waals surface area (Å²) in [5.41, 5.74) is 4.42. The van der Waals surface area contributed by atoms with Crippen LogP contribution in [0.5, 0.6) is 0 Å². The van der Waals surface area contributed by atoms with Crippen molar-refractivity contribution in [2.45, 2.75) is 46.1 Å². The molecule has 0 fully saturated rings. The van der Waals surface area contributed by atoms with E-state index in [-0.39, 0.29) is 6.10 Å². The average Bonchev–Trinajstić information content (AvgIpc) is 2.72. The zero-order valence-electron chi connectivity index (χ0n) is 9.26. The fourth-order valence-corrected chi connectivity index (χ4v) is 2.32. The fraction of sp³-hybridized carbons (Fsp3) is 0.538. The minimum absolute atomic E-state index is 0.245. The minimum Gasteiger partial charge on any atom is -0.486 e. The van der Waals surface area contributed by atoms with Crippen molar-refractivity contribution < 1.29 is 4.74 Å². The van der Waals surface area contributed by atoms with Crippen LogP contribution in [-0.2, 0) is 4.74 Å². The molecule has 1 aliphatic carbocycles. The van der Waals surface area contributed by atoms with E-state index in [1.807, 2.05) is 0 Å². The molecule has 1 unspecified atom stereocenters. The van der Waals surface area contributed by atoms with Crippen molar-refractivity contribution in [2.75, 3.05) is 0 Å². The smallest absolute Gasteiger partial charge is 0.142 e. The Morgan fingerprint density at radius 1 is 1.14 bits per heavy atom. The Morgan fingerprint density at radius 2 is 1.93 bits per heavy atom. The zero-order valence-corrected chi connectivity index (χ0v) is 9.26. The lowest BCUT2D eigenvalue weighted by atomic mass is 10.0. The van der Waals surface area contributed by atoms with Gasteiger partial charge in [-0.05, 0) is 36.1 Å². The van der Waals surface area contributed by atoms with E-state index in [1.54, 1.807) is 0 Å². The first-order valence-corrected chi connectivity index (χ1v) is 5.61. The van der Waals surface area contributed by atoms with Gasteiger partial charge >= 0.3 is 0 Å². The van der Waals surface area contributed by atoms with Gasteiger partial charge in [-0.3, -0.25) is 0 Å². The van der Waals surface area contributed by atoms with Gasteiger partial charge in [0.25, 0.3) is 0 Å². The Labute approximate surface area is 86.2 Å². The topological polar surface area (TPSA) is 9.23 Å². The lowest BCUT2D eigenvalue weighted by Crippen LogP contribution is -2.01. The van der Waals surface area contributed by atoms with Crippen molar-refractivity contribution in [3.05, 3.63) is 34.6 Å². The summed E-state index contributed by atoms with van der Waals surface area (Å²) in [6.45, 7) is 6.59. The lowest BCUT2D eigenvalue weighted by molar-refractivity contribution is 0.198. The number of fused-ring (bicyclic) bond motifs is 1. The first-order chi connectivity index (χ1) is 6.80. The first kappa shape index (κ1) is 9.57. The molecule has 0 saturated heterocycles. The van der Waals surface area contributed by atoms with Gasteiger partial charge in [-0.15, -0.1) is 0 Å². The molecule has 76 valence electrons. The number of hydrogen-bond donors (Lipinski definition) is 0. The van der Waals surface area contributed by atoms with Crippen molar-refractivity contribution in [3.63, 3.8) is 0 Å². The van der Waals surface area contributed by atoms with Gasteiger partial charge < -0.3 is 4.74 Å². The summed E-state index contributed by atoms with van der Waals surface area (Å²) in [5.74, 6) is 1.14. The number of rotatable bonds is 3. The monoisotopic (exact) mass is 190 g/mol. The highest BCUT2D eigenvalue weighted by atomic mass is 16.5. The van der Waals surface area contributed by atoms with Gasteiger partial charge in [0.1, 0.15) is 6.10 Å². The van der Waals surface area contributed by atoms with Crippen molar-refractivity contribution in [1.29, 1.82) is 0 Å². The molecule has 2 rings (SSSR count). The van der Waals surface area contributed by atoms with Gasteiger partial charge in [-0.2, -0.15) is 0 Å². The average molecular weight is 190 g/mol. The normalized spacial score (nSPS) is 24.6. The molecular formula is C13H18O. The summed E-state index contributed by atoms with van der Waals surface area (Å²) in [7, 11) is 0. The molecule has 0 amide bonds. The Hall–Kier alpha value is -0.980. The van der Waals surface area contributed by atoms with Crippen molar-refractivity contribution in [2.24, 2.45) is 0 Å². The van der Waals surface area contributed by atoms with Gasteiger partial charge in [-0.1, -0.05) is 20.8 Å². The molecule has 0 N–H and O–H groups in total. The van der Waals surface area contributed by atoms with Gasteiger partial charge in [0.15, 0.2) is 0 Å². The molecule has 2 aliphatic rings. The summed E-state index contributed by atoms with van der Waals surface area (Å²) in [6.07, 6.45) is 8.03. The van der Waals surface area contributed by atoms with Crippen LogP contribution in [0.15, 0.2) is 34.6 Å². The molecule has 1 atom stereocenters. The Kier molecular flexibility index (Phi) is 2.49. The number of ether oxygens (including phenoxy) is 1. The third-order valence-electron chi connectivity index (χ3n) is 3.07. The second-order valence-electron chi connectivity index (χ2n) is 3.84. The van der Waals surface area contributed by atoms with Crippen molar-refractivity contribution in [3.8, 4) is 0 Å². The van der Waals surface area contributed by atoms with Crippen LogP contribution < -0.4 is 0 Å². The highest BCUT2D eigenvalue weighted by Gasteiger charge is 2.29. The highest BCUT2D eigenvalue weighted by Crippen LogP contribution is 2.39. The molecule has 1 nitrogen and oxygen atoms in total. The van der Waals surface area contributed by atoms with Crippen LogP contribution in [0, 0.1) is 0 Å². The van der Waals surface area contributed by atoms with Crippen LogP contribution in [0.2, 0.25) is 0 Å². The summed E-state index contributed by atoms with van der Waals surface area (Å²) in [6, 6.07) is 0. The van der Waals surface area contributed by atoms with Crippen LogP contribution in [-0.4, -0.2) is 6.10 Å². The number of allylic oxidation sites excluding steroid dienone is 3. The predicted molar refractivity (Wildman–Crippen MR) is 58.9 cm³/mol. The van der Waals surface area contributed by atoms with E-state index < -0.39 is 0 Å². The van der Waals surface area contributed by atoms with E-state index in [1.165, 1.54) is 16.7 Å². The third kappa shape index (κ3) is 1.31. The third-order valence-corrected chi connectivity index (χ3v) is 3.07. The summed E-state index contributed by atoms with van der Waals surface area (Å²) >= 11 is 0. The van der Waals surface area contributed by atoms with Gasteiger partial charge in [-0.25, -0.2) is 0 Å². The molecule has 14 heavy (non-hydrogen) atoms. The lowest BCUT2D eigenvalue weighted by Gasteiger charge is -2.05. The molecule has 0 saturated carbocycles. The van der Waals surface area contributed by atoms with Crippen LogP contribution in [0.3, 0.4) is 0 Å². The van der Waals surface area contributed by atoms with E-state index in [0.29, 0.717) is 0 Å². The molecule has 0 aromatic heterocycles. The molecule has 0 aromatic carbocycles. The second kappa shape index (κ2) is 3.64. The minimum atomic E-state index is 0.245. The number of hydrogen-bond acceptors (Lipinski definition) is 1. The van der Waals surface area contributed by atoms with Gasteiger partial charge in [0.2, 0.25) is 0 Å². The molecule has 1 heterocycles. The molecule has 1 heteroatoms. The first-order valence-electron chi connectivity index (χ1n) is 5.61. The van der Waals surface area contributed by atoms with E-state index in [0.717, 1.165) is 25.0 Å². The maximum absolute atomic E-state index is 5.83. The van der Waals surface area contributed by atoms with Gasteiger partial charge in [0.05, 0.1) is 5.76 Å². The highest BCUT2D eigenvalue weighted by molar-refractivity contribution is 5.53. The van der Waals surface area contributed by atoms with E-state index in [2.05, 4.69) is 32.9 Å². The molecule has 0 bridgehead atoms. The van der Waals surface area contributed by atoms with E-state index >= 15 is 0 Å². The van der Waals surface area contributed by atoms with Crippen LogP contribution in [0.4, 0.5) is 0 Å². The summed E-state index contributed by atoms with van der Waals surface area (Å²) in [4.78, 5) is 0. The quantitative estimate of drug-likeness (QED) is 0.658. The van der Waals surface area contributed by atoms with E-state index in [4.69, 9.17) is 4.74 Å². The SMILES string of the molecule is CCC1=CC2=C(CC)C(CC)=CC2O1. The predicted octanol–water partition coefficient (Wildman–Crippen LogP) is 3.74. The van der Waals surface area contributed by atoms with Gasteiger partial charge in [0, 0.05) is 12.0 Å². The standard InChI is InChI=1S/C13H18O/c1-4-9-7-13-12(11(9)6-3)8-10(5-2)14-13/h7-8,13H,4-6H2,1-3H3. The molecular weight excluding hydrogens is 172 g/mol. The maximum Gasteiger partial charge on any atom is 0.142 e. The summed E-state index contributed by atoms with van der Waals surface area (Å²) in [5, 5.41) is 0. The van der Waals surface area contributed by atoms with Crippen LogP contribution in [0.1, 0.15) is 40.0 Å². The maximum atomic E-state index is 5.83. The molecule has 0 aromatic rings. The largest absolute Gasteiger partial charge is 0.486 e. The second-order valence-corrected chi connectivity index (χ2v) is 3.84. The Balaban J connectivity index is 2.33. The van der Waals surface area contributed by atoms with E-state index in [9.17, 15) is 0 Å². The van der Waals surface area contributed by atoms with Crippen LogP contribution in [0.25, 0.3) is 0 Å².